The average Bonchev–Trinajstić information content (AvgIpc) is 2.04. The minimum Gasteiger partial charge on any atom is -0.384 e. The maximum Gasteiger partial charge on any atom is 0.264 e. The zero-order valence-electron chi connectivity index (χ0n) is 5.66. The van der Waals surface area contributed by atoms with Crippen LogP contribution in [0.25, 0.3) is 0 Å². The van der Waals surface area contributed by atoms with Gasteiger partial charge in [-0.3, -0.25) is 4.79 Å². The van der Waals surface area contributed by atoms with Gasteiger partial charge >= 0.3 is 0 Å². The summed E-state index contributed by atoms with van der Waals surface area (Å²) in [6.07, 6.45) is 0. The van der Waals surface area contributed by atoms with Gasteiger partial charge in [-0.2, -0.15) is 5.10 Å². The summed E-state index contributed by atoms with van der Waals surface area (Å²) in [5, 5.41) is 14.1. The summed E-state index contributed by atoms with van der Waals surface area (Å²) in [6.45, 7) is -0.208. The van der Waals surface area contributed by atoms with E-state index in [9.17, 15) is 4.79 Å². The molecule has 4 nitrogen and oxygen atoms in total. The highest BCUT2D eigenvalue weighted by Crippen LogP contribution is 1.81. The Morgan fingerprint density at radius 3 is 3.00 bits per heavy atom. The number of rotatable bonds is 0. The van der Waals surface area contributed by atoms with Crippen molar-refractivity contribution >= 4 is 0 Å². The molecule has 0 fully saturated rings. The molecule has 0 aliphatic rings. The van der Waals surface area contributed by atoms with Gasteiger partial charge in [0, 0.05) is 6.07 Å². The third-order valence-electron chi connectivity index (χ3n) is 0.975. The van der Waals surface area contributed by atoms with E-state index in [2.05, 4.69) is 22.0 Å². The smallest absolute Gasteiger partial charge is 0.264 e. The molecule has 1 aromatic rings. The summed E-state index contributed by atoms with van der Waals surface area (Å²) in [5.41, 5.74) is 0.179. The van der Waals surface area contributed by atoms with Crippen LogP contribution in [0.1, 0.15) is 5.69 Å². The number of aromatic nitrogens is 2. The van der Waals surface area contributed by atoms with E-state index in [4.69, 9.17) is 5.11 Å². The van der Waals surface area contributed by atoms with Gasteiger partial charge in [0.15, 0.2) is 0 Å². The van der Waals surface area contributed by atoms with Gasteiger partial charge in [0.05, 0.1) is 0 Å². The van der Waals surface area contributed by atoms with Gasteiger partial charge in [0.1, 0.15) is 12.3 Å². The molecule has 0 spiro atoms. The van der Waals surface area contributed by atoms with E-state index in [1.807, 2.05) is 0 Å². The molecular formula is C7H6N2O2. The molecule has 4 heteroatoms. The Morgan fingerprint density at radius 2 is 2.45 bits per heavy atom. The van der Waals surface area contributed by atoms with Gasteiger partial charge in [-0.25, -0.2) is 5.10 Å². The maximum atomic E-state index is 10.5. The largest absolute Gasteiger partial charge is 0.384 e. The first kappa shape index (κ1) is 7.51. The molecule has 2 N–H and O–H groups in total. The molecule has 0 amide bonds. The highest BCUT2D eigenvalue weighted by atomic mass is 16.2. The maximum absolute atomic E-state index is 10.5. The molecule has 0 atom stereocenters. The summed E-state index contributed by atoms with van der Waals surface area (Å²) in [4.78, 5) is 10.5. The Labute approximate surface area is 62.9 Å². The molecular weight excluding hydrogens is 144 g/mol. The third kappa shape index (κ3) is 2.24. The van der Waals surface area contributed by atoms with Gasteiger partial charge < -0.3 is 5.11 Å². The van der Waals surface area contributed by atoms with E-state index >= 15 is 0 Å². The SMILES string of the molecule is O=c1ccc(C#CCO)n[nH]1. The third-order valence-corrected chi connectivity index (χ3v) is 0.975. The first-order valence-electron chi connectivity index (χ1n) is 2.98. The van der Waals surface area contributed by atoms with Crippen molar-refractivity contribution in [3.63, 3.8) is 0 Å². The number of aromatic amines is 1. The van der Waals surface area contributed by atoms with Crippen LogP contribution in [-0.4, -0.2) is 21.9 Å². The van der Waals surface area contributed by atoms with Gasteiger partial charge in [-0.15, -0.1) is 0 Å². The van der Waals surface area contributed by atoms with Gasteiger partial charge in [-0.05, 0) is 12.0 Å². The number of nitrogens with one attached hydrogen (secondary N) is 1. The van der Waals surface area contributed by atoms with E-state index in [1.54, 1.807) is 0 Å². The lowest BCUT2D eigenvalue weighted by Gasteiger charge is -1.84. The number of H-pyrrole nitrogens is 1. The van der Waals surface area contributed by atoms with Crippen molar-refractivity contribution in [3.05, 3.63) is 28.2 Å². The van der Waals surface area contributed by atoms with E-state index in [-0.39, 0.29) is 12.2 Å². The van der Waals surface area contributed by atoms with Crippen LogP contribution in [0.4, 0.5) is 0 Å². The zero-order chi connectivity index (χ0) is 8.10. The highest BCUT2D eigenvalue weighted by molar-refractivity contribution is 5.25. The molecule has 0 bridgehead atoms. The molecule has 0 unspecified atom stereocenters. The summed E-state index contributed by atoms with van der Waals surface area (Å²) in [6, 6.07) is 2.82. The minimum atomic E-state index is -0.264. The molecule has 0 radical (unpaired) electrons. The quantitative estimate of drug-likeness (QED) is 0.472. The lowest BCUT2D eigenvalue weighted by molar-refractivity contribution is 0.350. The number of aliphatic hydroxyl groups excluding tert-OH is 1. The predicted molar refractivity (Wildman–Crippen MR) is 38.8 cm³/mol. The number of hydrogen-bond donors (Lipinski definition) is 2. The van der Waals surface area contributed by atoms with Crippen molar-refractivity contribution in [2.45, 2.75) is 0 Å². The molecule has 0 aliphatic carbocycles. The molecule has 0 saturated carbocycles. The Balaban J connectivity index is 2.90. The van der Waals surface area contributed by atoms with Crippen molar-refractivity contribution < 1.29 is 5.11 Å². The first-order chi connectivity index (χ1) is 5.33. The van der Waals surface area contributed by atoms with Crippen LogP contribution >= 0.6 is 0 Å². The monoisotopic (exact) mass is 150 g/mol. The number of hydrogen-bond acceptors (Lipinski definition) is 3. The van der Waals surface area contributed by atoms with Crippen LogP contribution in [0.2, 0.25) is 0 Å². The molecule has 11 heavy (non-hydrogen) atoms. The summed E-state index contributed by atoms with van der Waals surface area (Å²) in [7, 11) is 0. The topological polar surface area (TPSA) is 66.0 Å². The van der Waals surface area contributed by atoms with Crippen LogP contribution < -0.4 is 5.56 Å². The number of aliphatic hydroxyl groups is 1. The average molecular weight is 150 g/mol. The lowest BCUT2D eigenvalue weighted by atomic mass is 10.4. The molecule has 1 rings (SSSR count). The molecule has 56 valence electrons. The Hall–Kier alpha value is -1.60. The zero-order valence-corrected chi connectivity index (χ0v) is 5.66. The fourth-order valence-electron chi connectivity index (χ4n) is 0.544. The van der Waals surface area contributed by atoms with Crippen LogP contribution in [0.15, 0.2) is 16.9 Å². The van der Waals surface area contributed by atoms with Crippen molar-refractivity contribution in [1.29, 1.82) is 0 Å². The minimum absolute atomic E-state index is 0.208. The molecule has 0 aromatic carbocycles. The molecule has 0 aliphatic heterocycles. The predicted octanol–water partition coefficient (Wildman–Crippen LogP) is -0.886. The number of nitrogens with zero attached hydrogens (tertiary/aromatic N) is 1. The van der Waals surface area contributed by atoms with Crippen LogP contribution in [0.3, 0.4) is 0 Å². The Kier molecular flexibility index (Phi) is 2.42. The van der Waals surface area contributed by atoms with Crippen molar-refractivity contribution in [3.8, 4) is 11.8 Å². The van der Waals surface area contributed by atoms with E-state index in [0.29, 0.717) is 5.69 Å². The van der Waals surface area contributed by atoms with Crippen LogP contribution in [-0.2, 0) is 0 Å². The second-order valence-electron chi connectivity index (χ2n) is 1.77. The lowest BCUT2D eigenvalue weighted by Crippen LogP contribution is -2.05. The normalized spacial score (nSPS) is 8.45. The Morgan fingerprint density at radius 1 is 1.64 bits per heavy atom. The second kappa shape index (κ2) is 3.54. The van der Waals surface area contributed by atoms with Crippen LogP contribution in [0, 0.1) is 11.8 Å². The summed E-state index contributed by atoms with van der Waals surface area (Å²) >= 11 is 0. The summed E-state index contributed by atoms with van der Waals surface area (Å²) < 4.78 is 0. The fourth-order valence-corrected chi connectivity index (χ4v) is 0.544. The fraction of sp³-hybridized carbons (Fsp3) is 0.143. The van der Waals surface area contributed by atoms with E-state index in [1.165, 1.54) is 12.1 Å². The van der Waals surface area contributed by atoms with Crippen molar-refractivity contribution in [2.24, 2.45) is 0 Å². The van der Waals surface area contributed by atoms with Gasteiger partial charge in [0.25, 0.3) is 5.56 Å². The molecule has 0 saturated heterocycles. The molecule has 1 heterocycles. The van der Waals surface area contributed by atoms with Crippen LogP contribution in [0.5, 0.6) is 0 Å². The van der Waals surface area contributed by atoms with Crippen molar-refractivity contribution in [2.75, 3.05) is 6.61 Å². The van der Waals surface area contributed by atoms with Crippen molar-refractivity contribution in [1.82, 2.24) is 10.2 Å². The molecule has 1 aromatic heterocycles. The second-order valence-corrected chi connectivity index (χ2v) is 1.77. The van der Waals surface area contributed by atoms with E-state index < -0.39 is 0 Å². The Bertz CT molecular complexity index is 325. The first-order valence-corrected chi connectivity index (χ1v) is 2.98. The summed E-state index contributed by atoms with van der Waals surface area (Å²) in [5.74, 6) is 4.95. The standard InChI is InChI=1S/C7H6N2O2/c10-5-1-2-6-3-4-7(11)9-8-6/h3-4,10H,5H2,(H,9,11). The van der Waals surface area contributed by atoms with Gasteiger partial charge in [0.2, 0.25) is 0 Å². The van der Waals surface area contributed by atoms with E-state index in [0.717, 1.165) is 0 Å². The highest BCUT2D eigenvalue weighted by Gasteiger charge is 1.85. The van der Waals surface area contributed by atoms with Gasteiger partial charge in [-0.1, -0.05) is 5.92 Å².